The average Bonchev–Trinajstić information content (AvgIpc) is 1.25. The molecule has 0 aliphatic rings. The molecule has 1 nitrogen and oxygen atoms in total. The van der Waals surface area contributed by atoms with Crippen molar-refractivity contribution < 1.29 is 5.11 Å². The van der Waals surface area contributed by atoms with E-state index in [0.717, 1.165) is 0 Å². The first kappa shape index (κ1) is 8.44. The van der Waals surface area contributed by atoms with Crippen molar-refractivity contribution in [2.75, 3.05) is 0 Å². The summed E-state index contributed by atoms with van der Waals surface area (Å²) in [4.78, 5) is 0. The van der Waals surface area contributed by atoms with Gasteiger partial charge >= 0.3 is 0 Å². The van der Waals surface area contributed by atoms with Crippen molar-refractivity contribution in [3.8, 4) is 0 Å². The Morgan fingerprint density at radius 2 is 1.25 bits per heavy atom. The zero-order valence-electron chi connectivity index (χ0n) is 5.83. The Hall–Kier alpha value is 0.440. The molecule has 50 valence electrons. The summed E-state index contributed by atoms with van der Waals surface area (Å²) in [6, 6.07) is 0. The lowest BCUT2D eigenvalue weighted by Crippen LogP contribution is -2.32. The van der Waals surface area contributed by atoms with E-state index in [0.29, 0.717) is 0 Å². The zero-order chi connectivity index (χ0) is 7.00. The van der Waals surface area contributed by atoms with Gasteiger partial charge in [-0.1, -0.05) is 36.7 Å². The van der Waals surface area contributed by atoms with Crippen LogP contribution in [0.25, 0.3) is 0 Å². The minimum atomic E-state index is -0.750. The predicted molar refractivity (Wildman–Crippen MR) is 39.0 cm³/mol. The summed E-state index contributed by atoms with van der Waals surface area (Å²) in [5.41, 5.74) is -0.0903. The second-order valence-corrected chi connectivity index (χ2v) is 4.75. The minimum absolute atomic E-state index is 0.0903. The molecule has 0 bridgehead atoms. The Labute approximate surface area is 59.2 Å². The van der Waals surface area contributed by atoms with Gasteiger partial charge in [-0.15, -0.1) is 0 Å². The van der Waals surface area contributed by atoms with Crippen LogP contribution in [0.1, 0.15) is 27.7 Å². The molecule has 0 heterocycles. The minimum Gasteiger partial charge on any atom is -0.379 e. The van der Waals surface area contributed by atoms with Crippen LogP contribution in [0.5, 0.6) is 0 Å². The van der Waals surface area contributed by atoms with Crippen LogP contribution in [0, 0.1) is 5.41 Å². The maximum absolute atomic E-state index is 9.27. The van der Waals surface area contributed by atoms with Gasteiger partial charge in [0.1, 0.15) is 4.51 Å². The number of hydrogen-bond acceptors (Lipinski definition) is 1. The molecule has 0 amide bonds. The third-order valence-corrected chi connectivity index (χ3v) is 2.56. The molecular weight excluding hydrogens is 168 g/mol. The lowest BCUT2D eigenvalue weighted by Gasteiger charge is -2.31. The highest BCUT2D eigenvalue weighted by molar-refractivity contribution is 9.10. The number of alkyl halides is 1. The normalized spacial score (nSPS) is 20.2. The molecule has 2 heteroatoms. The number of halogens is 1. The maximum atomic E-state index is 9.27. The largest absolute Gasteiger partial charge is 0.379 e. The van der Waals surface area contributed by atoms with Gasteiger partial charge in [0.05, 0.1) is 0 Å². The molecule has 0 aromatic heterocycles. The molecule has 0 radical (unpaired) electrons. The Morgan fingerprint density at radius 1 is 1.12 bits per heavy atom. The molecule has 0 saturated heterocycles. The summed E-state index contributed by atoms with van der Waals surface area (Å²) < 4.78 is -0.750. The second kappa shape index (κ2) is 1.99. The fourth-order valence-corrected chi connectivity index (χ4v) is 0. The van der Waals surface area contributed by atoms with Gasteiger partial charge < -0.3 is 5.11 Å². The van der Waals surface area contributed by atoms with Crippen LogP contribution in [-0.2, 0) is 0 Å². The molecular formula is C6H13BrO. The van der Waals surface area contributed by atoms with E-state index < -0.39 is 4.51 Å². The SMILES string of the molecule is CC(C)(C)C(C)(O)Br. The highest BCUT2D eigenvalue weighted by Gasteiger charge is 2.31. The van der Waals surface area contributed by atoms with Crippen LogP contribution in [0.4, 0.5) is 0 Å². The van der Waals surface area contributed by atoms with Gasteiger partial charge in [-0.3, -0.25) is 0 Å². The number of rotatable bonds is 0. The van der Waals surface area contributed by atoms with Gasteiger partial charge in [0, 0.05) is 5.41 Å². The van der Waals surface area contributed by atoms with Gasteiger partial charge in [-0.2, -0.15) is 0 Å². The average molecular weight is 181 g/mol. The van der Waals surface area contributed by atoms with Gasteiger partial charge in [-0.05, 0) is 6.92 Å². The fraction of sp³-hybridized carbons (Fsp3) is 1.00. The fourth-order valence-electron chi connectivity index (χ4n) is 0. The van der Waals surface area contributed by atoms with Crippen LogP contribution in [0.3, 0.4) is 0 Å². The summed E-state index contributed by atoms with van der Waals surface area (Å²) in [5.74, 6) is 0. The van der Waals surface area contributed by atoms with Crippen LogP contribution < -0.4 is 0 Å². The molecule has 1 atom stereocenters. The monoisotopic (exact) mass is 180 g/mol. The van der Waals surface area contributed by atoms with Crippen LogP contribution in [0.15, 0.2) is 0 Å². The molecule has 0 aromatic rings. The smallest absolute Gasteiger partial charge is 0.121 e. The quantitative estimate of drug-likeness (QED) is 0.567. The van der Waals surface area contributed by atoms with Crippen molar-refractivity contribution in [2.24, 2.45) is 5.41 Å². The second-order valence-electron chi connectivity index (χ2n) is 3.20. The van der Waals surface area contributed by atoms with Gasteiger partial charge in [0.2, 0.25) is 0 Å². The van der Waals surface area contributed by atoms with Crippen molar-refractivity contribution in [2.45, 2.75) is 32.2 Å². The van der Waals surface area contributed by atoms with E-state index in [1.165, 1.54) is 0 Å². The molecule has 0 spiro atoms. The molecule has 8 heavy (non-hydrogen) atoms. The molecule has 1 N–H and O–H groups in total. The maximum Gasteiger partial charge on any atom is 0.121 e. The lowest BCUT2D eigenvalue weighted by atomic mass is 9.90. The summed E-state index contributed by atoms with van der Waals surface area (Å²) in [5, 5.41) is 9.27. The standard InChI is InChI=1S/C6H13BrO/c1-5(2,3)6(4,7)8/h8H,1-4H3. The Bertz CT molecular complexity index is 63.5. The van der Waals surface area contributed by atoms with Gasteiger partial charge in [-0.25, -0.2) is 0 Å². The Morgan fingerprint density at radius 3 is 1.25 bits per heavy atom. The van der Waals surface area contributed by atoms with Crippen LogP contribution >= 0.6 is 15.9 Å². The predicted octanol–water partition coefficient (Wildman–Crippen LogP) is 2.14. The van der Waals surface area contributed by atoms with Gasteiger partial charge in [0.25, 0.3) is 0 Å². The molecule has 0 aliphatic carbocycles. The Kier molecular flexibility index (Phi) is 2.10. The third-order valence-electron chi connectivity index (χ3n) is 1.37. The number of hydrogen-bond donors (Lipinski definition) is 1. The van der Waals surface area contributed by atoms with E-state index in [9.17, 15) is 5.11 Å². The first-order valence-corrected chi connectivity index (χ1v) is 3.46. The Balaban J connectivity index is 4.02. The van der Waals surface area contributed by atoms with E-state index in [1.807, 2.05) is 20.8 Å². The topological polar surface area (TPSA) is 20.2 Å². The van der Waals surface area contributed by atoms with Gasteiger partial charge in [0.15, 0.2) is 0 Å². The van der Waals surface area contributed by atoms with E-state index in [4.69, 9.17) is 0 Å². The first-order chi connectivity index (χ1) is 3.25. The van der Waals surface area contributed by atoms with Crippen molar-refractivity contribution in [3.05, 3.63) is 0 Å². The number of aliphatic hydroxyl groups is 1. The van der Waals surface area contributed by atoms with Crippen LogP contribution in [0.2, 0.25) is 0 Å². The zero-order valence-corrected chi connectivity index (χ0v) is 7.41. The van der Waals surface area contributed by atoms with Crippen molar-refractivity contribution >= 4 is 15.9 Å². The summed E-state index contributed by atoms with van der Waals surface area (Å²) >= 11 is 3.15. The molecule has 0 aliphatic heterocycles. The molecule has 1 unspecified atom stereocenters. The highest BCUT2D eigenvalue weighted by Crippen LogP contribution is 2.34. The van der Waals surface area contributed by atoms with Crippen molar-refractivity contribution in [1.82, 2.24) is 0 Å². The van der Waals surface area contributed by atoms with E-state index in [1.54, 1.807) is 6.92 Å². The van der Waals surface area contributed by atoms with E-state index in [-0.39, 0.29) is 5.41 Å². The molecule has 0 rings (SSSR count). The van der Waals surface area contributed by atoms with E-state index >= 15 is 0 Å². The third kappa shape index (κ3) is 2.14. The summed E-state index contributed by atoms with van der Waals surface area (Å²) in [7, 11) is 0. The molecule has 0 saturated carbocycles. The molecule has 0 aromatic carbocycles. The lowest BCUT2D eigenvalue weighted by molar-refractivity contribution is 0.0525. The van der Waals surface area contributed by atoms with E-state index in [2.05, 4.69) is 15.9 Å². The molecule has 0 fully saturated rings. The summed E-state index contributed by atoms with van der Waals surface area (Å²) in [6.45, 7) is 7.66. The van der Waals surface area contributed by atoms with Crippen LogP contribution in [-0.4, -0.2) is 9.62 Å². The summed E-state index contributed by atoms with van der Waals surface area (Å²) in [6.07, 6.45) is 0. The first-order valence-electron chi connectivity index (χ1n) is 2.66. The highest BCUT2D eigenvalue weighted by atomic mass is 79.9. The van der Waals surface area contributed by atoms with Crippen molar-refractivity contribution in [3.63, 3.8) is 0 Å². The van der Waals surface area contributed by atoms with Crippen molar-refractivity contribution in [1.29, 1.82) is 0 Å².